The first-order valence-corrected chi connectivity index (χ1v) is 10.2. The monoisotopic (exact) mass is 347 g/mol. The van der Waals surface area contributed by atoms with Gasteiger partial charge in [-0.2, -0.15) is 0 Å². The molecule has 0 radical (unpaired) electrons. The van der Waals surface area contributed by atoms with Gasteiger partial charge in [0.15, 0.2) is 0 Å². The van der Waals surface area contributed by atoms with E-state index in [2.05, 4.69) is 5.32 Å². The Kier molecular flexibility index (Phi) is 6.82. The molecule has 1 N–H and O–H groups in total. The Morgan fingerprint density at radius 1 is 1.04 bits per heavy atom. The molecule has 0 bridgehead atoms. The molecule has 2 aromatic carbocycles. The van der Waals surface area contributed by atoms with E-state index in [1.807, 2.05) is 61.5 Å². The van der Waals surface area contributed by atoms with Crippen molar-refractivity contribution in [2.75, 3.05) is 25.2 Å². The molecule has 0 heterocycles. The van der Waals surface area contributed by atoms with Gasteiger partial charge in [-0.15, -0.1) is 0 Å². The fourth-order valence-corrected chi connectivity index (χ4v) is 3.61. The average molecular weight is 347 g/mol. The molecule has 0 aliphatic carbocycles. The summed E-state index contributed by atoms with van der Waals surface area (Å²) in [5.74, 6) is 1.08. The normalized spacial score (nSPS) is 12.8. The van der Waals surface area contributed by atoms with Crippen LogP contribution in [0.25, 0.3) is 0 Å². The summed E-state index contributed by atoms with van der Waals surface area (Å²) >= 11 is 0. The molecule has 130 valence electrons. The zero-order chi connectivity index (χ0) is 17.4. The van der Waals surface area contributed by atoms with Crippen LogP contribution in [0.15, 0.2) is 54.6 Å². The van der Waals surface area contributed by atoms with Gasteiger partial charge in [-0.25, -0.2) is 8.42 Å². The van der Waals surface area contributed by atoms with Crippen molar-refractivity contribution in [1.82, 2.24) is 5.32 Å². The van der Waals surface area contributed by atoms with Crippen molar-refractivity contribution >= 4 is 9.84 Å². The number of nitrogens with one attached hydrogen (secondary N) is 1. The Bertz CT molecular complexity index is 712. The molecule has 4 nitrogen and oxygen atoms in total. The van der Waals surface area contributed by atoms with Crippen LogP contribution in [0.2, 0.25) is 0 Å². The lowest BCUT2D eigenvalue weighted by Crippen LogP contribution is -2.20. The maximum Gasteiger partial charge on any atom is 0.148 e. The van der Waals surface area contributed by atoms with Crippen molar-refractivity contribution in [2.24, 2.45) is 0 Å². The summed E-state index contributed by atoms with van der Waals surface area (Å²) in [5.41, 5.74) is 2.22. The van der Waals surface area contributed by atoms with Gasteiger partial charge >= 0.3 is 0 Å². The molecule has 24 heavy (non-hydrogen) atoms. The van der Waals surface area contributed by atoms with E-state index in [0.29, 0.717) is 6.61 Å². The Morgan fingerprint density at radius 2 is 1.71 bits per heavy atom. The molecule has 0 aromatic heterocycles. The van der Waals surface area contributed by atoms with Crippen LogP contribution < -0.4 is 10.1 Å². The summed E-state index contributed by atoms with van der Waals surface area (Å²) in [6.07, 6.45) is 1.28. The van der Waals surface area contributed by atoms with Gasteiger partial charge in [0, 0.05) is 19.3 Å². The number of hydrogen-bond acceptors (Lipinski definition) is 4. The first-order valence-electron chi connectivity index (χ1n) is 8.09. The second kappa shape index (κ2) is 8.85. The number of benzene rings is 2. The zero-order valence-electron chi connectivity index (χ0n) is 14.2. The lowest BCUT2D eigenvalue weighted by atomic mass is 10.0. The van der Waals surface area contributed by atoms with E-state index in [0.717, 1.165) is 24.4 Å². The molecule has 5 heteroatoms. The highest BCUT2D eigenvalue weighted by atomic mass is 32.2. The van der Waals surface area contributed by atoms with Crippen LogP contribution in [0.4, 0.5) is 0 Å². The lowest BCUT2D eigenvalue weighted by molar-refractivity contribution is 0.313. The Hall–Kier alpha value is -1.85. The molecule has 0 saturated carbocycles. The highest BCUT2D eigenvalue weighted by molar-refractivity contribution is 7.90. The van der Waals surface area contributed by atoms with Gasteiger partial charge in [-0.1, -0.05) is 49.4 Å². The standard InChI is InChI=1S/C19H25NO3S/c1-16(15-24(2,21)22)18-10-8-17(9-11-18)14-20-12-13-23-19-6-4-3-5-7-19/h3-11,16,20H,12-15H2,1-2H3/t16-/m0/s1. The second-order valence-electron chi connectivity index (χ2n) is 6.07. The molecule has 2 rings (SSSR count). The van der Waals surface area contributed by atoms with Crippen molar-refractivity contribution in [3.8, 4) is 5.75 Å². The number of para-hydroxylation sites is 1. The van der Waals surface area contributed by atoms with Gasteiger partial charge in [0.1, 0.15) is 22.2 Å². The molecule has 0 fully saturated rings. The minimum atomic E-state index is -2.95. The summed E-state index contributed by atoms with van der Waals surface area (Å²) in [6, 6.07) is 17.8. The first-order chi connectivity index (χ1) is 11.4. The molecule has 0 aliphatic rings. The lowest BCUT2D eigenvalue weighted by Gasteiger charge is -2.12. The molecule has 2 aromatic rings. The van der Waals surface area contributed by atoms with Crippen LogP contribution in [-0.2, 0) is 16.4 Å². The Balaban J connectivity index is 1.72. The van der Waals surface area contributed by atoms with Crippen molar-refractivity contribution in [2.45, 2.75) is 19.4 Å². The van der Waals surface area contributed by atoms with Gasteiger partial charge in [0.2, 0.25) is 0 Å². The van der Waals surface area contributed by atoms with Crippen molar-refractivity contribution in [3.63, 3.8) is 0 Å². The van der Waals surface area contributed by atoms with Crippen molar-refractivity contribution < 1.29 is 13.2 Å². The summed E-state index contributed by atoms with van der Waals surface area (Å²) in [4.78, 5) is 0. The number of sulfone groups is 1. The number of rotatable bonds is 9. The van der Waals surface area contributed by atoms with Crippen LogP contribution in [-0.4, -0.2) is 33.6 Å². The van der Waals surface area contributed by atoms with E-state index in [1.54, 1.807) is 0 Å². The molecule has 0 spiro atoms. The quantitative estimate of drug-likeness (QED) is 0.709. The summed E-state index contributed by atoms with van der Waals surface area (Å²) < 4.78 is 28.4. The third-order valence-corrected chi connectivity index (χ3v) is 4.83. The van der Waals surface area contributed by atoms with Crippen LogP contribution in [0, 0.1) is 0 Å². The third-order valence-electron chi connectivity index (χ3n) is 3.72. The van der Waals surface area contributed by atoms with Crippen LogP contribution in [0.3, 0.4) is 0 Å². The predicted octanol–water partition coefficient (Wildman–Crippen LogP) is 3.00. The maximum absolute atomic E-state index is 11.4. The zero-order valence-corrected chi connectivity index (χ0v) is 15.1. The fraction of sp³-hybridized carbons (Fsp3) is 0.368. The predicted molar refractivity (Wildman–Crippen MR) is 98.2 cm³/mol. The molecule has 0 amide bonds. The second-order valence-corrected chi connectivity index (χ2v) is 8.26. The number of hydrogen-bond donors (Lipinski definition) is 1. The van der Waals surface area contributed by atoms with Crippen molar-refractivity contribution in [3.05, 3.63) is 65.7 Å². The highest BCUT2D eigenvalue weighted by Crippen LogP contribution is 2.17. The molecular formula is C19H25NO3S. The molecule has 0 saturated heterocycles. The van der Waals surface area contributed by atoms with Gasteiger partial charge in [-0.05, 0) is 29.2 Å². The summed E-state index contributed by atoms with van der Waals surface area (Å²) in [5, 5.41) is 3.34. The minimum absolute atomic E-state index is 0.0151. The Morgan fingerprint density at radius 3 is 2.33 bits per heavy atom. The van der Waals surface area contributed by atoms with E-state index in [4.69, 9.17) is 4.74 Å². The van der Waals surface area contributed by atoms with E-state index >= 15 is 0 Å². The van der Waals surface area contributed by atoms with Crippen LogP contribution in [0.1, 0.15) is 24.0 Å². The summed E-state index contributed by atoms with van der Waals surface area (Å²) in [6.45, 7) is 4.09. The van der Waals surface area contributed by atoms with Gasteiger partial charge in [-0.3, -0.25) is 0 Å². The fourth-order valence-electron chi connectivity index (χ4n) is 2.50. The van der Waals surface area contributed by atoms with E-state index in [9.17, 15) is 8.42 Å². The molecular weight excluding hydrogens is 322 g/mol. The van der Waals surface area contributed by atoms with Crippen LogP contribution >= 0.6 is 0 Å². The largest absolute Gasteiger partial charge is 0.492 e. The first kappa shape index (κ1) is 18.5. The van der Waals surface area contributed by atoms with Crippen molar-refractivity contribution in [1.29, 1.82) is 0 Å². The van der Waals surface area contributed by atoms with Gasteiger partial charge in [0.25, 0.3) is 0 Å². The average Bonchev–Trinajstić information content (AvgIpc) is 2.54. The molecule has 0 unspecified atom stereocenters. The van der Waals surface area contributed by atoms with Gasteiger partial charge < -0.3 is 10.1 Å². The molecule has 1 atom stereocenters. The van der Waals surface area contributed by atoms with Gasteiger partial charge in [0.05, 0.1) is 5.75 Å². The highest BCUT2D eigenvalue weighted by Gasteiger charge is 2.12. The SMILES string of the molecule is C[C@@H](CS(C)(=O)=O)c1ccc(CNCCOc2ccccc2)cc1. The van der Waals surface area contributed by atoms with Crippen LogP contribution in [0.5, 0.6) is 5.75 Å². The Labute approximate surface area is 144 Å². The van der Waals surface area contributed by atoms with E-state index in [-0.39, 0.29) is 11.7 Å². The van der Waals surface area contributed by atoms with E-state index < -0.39 is 9.84 Å². The number of ether oxygens (including phenoxy) is 1. The maximum atomic E-state index is 11.4. The summed E-state index contributed by atoms with van der Waals surface area (Å²) in [7, 11) is -2.95. The van der Waals surface area contributed by atoms with E-state index in [1.165, 1.54) is 11.8 Å². The third kappa shape index (κ3) is 6.72. The minimum Gasteiger partial charge on any atom is -0.492 e. The topological polar surface area (TPSA) is 55.4 Å². The molecule has 0 aliphatic heterocycles. The smallest absolute Gasteiger partial charge is 0.148 e.